The lowest BCUT2D eigenvalue weighted by molar-refractivity contribution is -0.384. The van der Waals surface area contributed by atoms with Gasteiger partial charge in [-0.25, -0.2) is 4.98 Å². The van der Waals surface area contributed by atoms with E-state index in [0.29, 0.717) is 23.7 Å². The van der Waals surface area contributed by atoms with E-state index in [1.807, 2.05) is 5.38 Å². The van der Waals surface area contributed by atoms with Gasteiger partial charge < -0.3 is 14.8 Å². The van der Waals surface area contributed by atoms with Crippen molar-refractivity contribution in [3.63, 3.8) is 0 Å². The molecule has 1 N–H and O–H groups in total. The molecule has 0 saturated carbocycles. The highest BCUT2D eigenvalue weighted by Gasteiger charge is 2.19. The van der Waals surface area contributed by atoms with E-state index in [-0.39, 0.29) is 5.69 Å². The minimum absolute atomic E-state index is 0.0702. The monoisotopic (exact) mass is 295 g/mol. The van der Waals surface area contributed by atoms with Gasteiger partial charge in [0.2, 0.25) is 0 Å². The Morgan fingerprint density at radius 1 is 1.35 bits per heavy atom. The summed E-state index contributed by atoms with van der Waals surface area (Å²) in [4.78, 5) is 14.8. The summed E-state index contributed by atoms with van der Waals surface area (Å²) >= 11 is 1.47. The van der Waals surface area contributed by atoms with Crippen molar-refractivity contribution < 1.29 is 14.4 Å². The number of benzene rings is 1. The maximum atomic E-state index is 11.1. The van der Waals surface area contributed by atoms with E-state index in [9.17, 15) is 10.1 Å². The Kier molecular flexibility index (Phi) is 4.36. The van der Waals surface area contributed by atoms with Crippen molar-refractivity contribution in [3.05, 3.63) is 38.8 Å². The van der Waals surface area contributed by atoms with Crippen molar-refractivity contribution in [1.29, 1.82) is 0 Å². The second kappa shape index (κ2) is 6.20. The summed E-state index contributed by atoms with van der Waals surface area (Å²) in [5, 5.41) is 16.8. The zero-order valence-corrected chi connectivity index (χ0v) is 11.8. The third-order valence-corrected chi connectivity index (χ3v) is 3.39. The third kappa shape index (κ3) is 2.97. The fourth-order valence-electron chi connectivity index (χ4n) is 1.67. The lowest BCUT2D eigenvalue weighted by Crippen LogP contribution is -2.03. The first kappa shape index (κ1) is 14.1. The SMILES string of the molecule is COc1cc(NCc2nccs2)c([N+](=O)[O-])cc1OC. The normalized spacial score (nSPS) is 10.1. The van der Waals surface area contributed by atoms with Gasteiger partial charge in [0, 0.05) is 17.6 Å². The third-order valence-electron chi connectivity index (χ3n) is 2.61. The molecule has 2 aromatic rings. The van der Waals surface area contributed by atoms with Crippen molar-refractivity contribution in [1.82, 2.24) is 4.98 Å². The van der Waals surface area contributed by atoms with Crippen LogP contribution in [0.3, 0.4) is 0 Å². The second-order valence-corrected chi connectivity index (χ2v) is 4.74. The highest BCUT2D eigenvalue weighted by Crippen LogP contribution is 2.37. The number of anilines is 1. The van der Waals surface area contributed by atoms with Crippen LogP contribution in [0.15, 0.2) is 23.7 Å². The van der Waals surface area contributed by atoms with Gasteiger partial charge in [-0.15, -0.1) is 11.3 Å². The van der Waals surface area contributed by atoms with Gasteiger partial charge in [0.05, 0.1) is 31.8 Å². The standard InChI is InChI=1S/C12H13N3O4S/c1-18-10-5-8(14-7-12-13-3-4-20-12)9(15(16)17)6-11(10)19-2/h3-6,14H,7H2,1-2H3. The summed E-state index contributed by atoms with van der Waals surface area (Å²) in [6.45, 7) is 0.411. The number of aromatic nitrogens is 1. The number of hydrogen-bond donors (Lipinski definition) is 1. The molecule has 20 heavy (non-hydrogen) atoms. The van der Waals surface area contributed by atoms with E-state index < -0.39 is 4.92 Å². The lowest BCUT2D eigenvalue weighted by atomic mass is 10.2. The maximum Gasteiger partial charge on any atom is 0.296 e. The molecule has 0 unspecified atom stereocenters. The van der Waals surface area contributed by atoms with Crippen LogP contribution in [0.1, 0.15) is 5.01 Å². The Hall–Kier alpha value is -2.35. The fraction of sp³-hybridized carbons (Fsp3) is 0.250. The van der Waals surface area contributed by atoms with Crippen molar-refractivity contribution >= 4 is 22.7 Å². The molecule has 0 aliphatic rings. The molecule has 1 heterocycles. The molecular weight excluding hydrogens is 282 g/mol. The topological polar surface area (TPSA) is 86.5 Å². The smallest absolute Gasteiger partial charge is 0.296 e. The van der Waals surface area contributed by atoms with Crippen LogP contribution in [0.4, 0.5) is 11.4 Å². The highest BCUT2D eigenvalue weighted by molar-refractivity contribution is 7.09. The van der Waals surface area contributed by atoms with E-state index in [1.165, 1.54) is 31.6 Å². The number of thiazole rings is 1. The van der Waals surface area contributed by atoms with Gasteiger partial charge in [-0.1, -0.05) is 0 Å². The Balaban J connectivity index is 2.31. The van der Waals surface area contributed by atoms with Crippen LogP contribution < -0.4 is 14.8 Å². The quantitative estimate of drug-likeness (QED) is 0.651. The summed E-state index contributed by atoms with van der Waals surface area (Å²) in [6.07, 6.45) is 1.69. The van der Waals surface area contributed by atoms with Crippen LogP contribution in [0.5, 0.6) is 11.5 Å². The molecule has 0 spiro atoms. The van der Waals surface area contributed by atoms with Gasteiger partial charge in [0.25, 0.3) is 5.69 Å². The molecule has 0 radical (unpaired) electrons. The molecule has 0 aliphatic heterocycles. The first-order valence-electron chi connectivity index (χ1n) is 5.68. The Bertz CT molecular complexity index is 601. The van der Waals surface area contributed by atoms with Gasteiger partial charge in [-0.2, -0.15) is 0 Å². The zero-order valence-electron chi connectivity index (χ0n) is 11.0. The molecule has 0 aliphatic carbocycles. The van der Waals surface area contributed by atoms with Gasteiger partial charge in [0.15, 0.2) is 11.5 Å². The highest BCUT2D eigenvalue weighted by atomic mass is 32.1. The number of nitro benzene ring substituents is 1. The summed E-state index contributed by atoms with van der Waals surface area (Å²) in [7, 11) is 2.92. The van der Waals surface area contributed by atoms with Crippen LogP contribution >= 0.6 is 11.3 Å². The van der Waals surface area contributed by atoms with Gasteiger partial charge in [-0.05, 0) is 0 Å². The Morgan fingerprint density at radius 2 is 2.05 bits per heavy atom. The molecule has 0 fully saturated rings. The van der Waals surface area contributed by atoms with E-state index in [2.05, 4.69) is 10.3 Å². The average molecular weight is 295 g/mol. The first-order valence-corrected chi connectivity index (χ1v) is 6.56. The zero-order chi connectivity index (χ0) is 14.5. The molecule has 0 amide bonds. The van der Waals surface area contributed by atoms with E-state index >= 15 is 0 Å². The predicted molar refractivity (Wildman–Crippen MR) is 75.6 cm³/mol. The van der Waals surface area contributed by atoms with Gasteiger partial charge in [-0.3, -0.25) is 10.1 Å². The van der Waals surface area contributed by atoms with Crippen molar-refractivity contribution in [2.75, 3.05) is 19.5 Å². The number of ether oxygens (including phenoxy) is 2. The molecule has 8 heteroatoms. The summed E-state index contributed by atoms with van der Waals surface area (Å²) in [5.74, 6) is 0.749. The molecule has 0 saturated heterocycles. The number of hydrogen-bond acceptors (Lipinski definition) is 7. The summed E-state index contributed by atoms with van der Waals surface area (Å²) in [5.41, 5.74) is 0.294. The second-order valence-electron chi connectivity index (χ2n) is 3.76. The van der Waals surface area contributed by atoms with Gasteiger partial charge in [0.1, 0.15) is 10.7 Å². The Labute approximate surface area is 119 Å². The summed E-state index contributed by atoms with van der Waals surface area (Å²) in [6, 6.07) is 2.88. The van der Waals surface area contributed by atoms with E-state index in [4.69, 9.17) is 9.47 Å². The van der Waals surface area contributed by atoms with E-state index in [0.717, 1.165) is 5.01 Å². The number of methoxy groups -OCH3 is 2. The number of rotatable bonds is 6. The number of nitrogens with zero attached hydrogens (tertiary/aromatic N) is 2. The minimum atomic E-state index is -0.466. The lowest BCUT2D eigenvalue weighted by Gasteiger charge is -2.11. The van der Waals surface area contributed by atoms with Crippen molar-refractivity contribution in [2.45, 2.75) is 6.54 Å². The molecule has 0 bridgehead atoms. The first-order chi connectivity index (χ1) is 9.65. The van der Waals surface area contributed by atoms with Crippen molar-refractivity contribution in [2.24, 2.45) is 0 Å². The largest absolute Gasteiger partial charge is 0.493 e. The van der Waals surface area contributed by atoms with Crippen LogP contribution in [0, 0.1) is 10.1 Å². The molecule has 1 aromatic heterocycles. The molecule has 7 nitrogen and oxygen atoms in total. The van der Waals surface area contributed by atoms with Crippen LogP contribution in [-0.4, -0.2) is 24.1 Å². The van der Waals surface area contributed by atoms with E-state index in [1.54, 1.807) is 12.3 Å². The van der Waals surface area contributed by atoms with Crippen LogP contribution in [-0.2, 0) is 6.54 Å². The molecule has 2 rings (SSSR count). The molecule has 0 atom stereocenters. The Morgan fingerprint density at radius 3 is 2.60 bits per heavy atom. The number of nitrogens with one attached hydrogen (secondary N) is 1. The van der Waals surface area contributed by atoms with Crippen molar-refractivity contribution in [3.8, 4) is 11.5 Å². The van der Waals surface area contributed by atoms with Gasteiger partial charge >= 0.3 is 0 Å². The average Bonchev–Trinajstić information content (AvgIpc) is 2.97. The molecule has 1 aromatic carbocycles. The minimum Gasteiger partial charge on any atom is -0.493 e. The maximum absolute atomic E-state index is 11.1. The van der Waals surface area contributed by atoms with Crippen LogP contribution in [0.25, 0.3) is 0 Å². The number of nitro groups is 1. The van der Waals surface area contributed by atoms with Crippen LogP contribution in [0.2, 0.25) is 0 Å². The molecule has 106 valence electrons. The molecular formula is C12H13N3O4S. The predicted octanol–water partition coefficient (Wildman–Crippen LogP) is 2.68. The fourth-order valence-corrected chi connectivity index (χ4v) is 2.23. The summed E-state index contributed by atoms with van der Waals surface area (Å²) < 4.78 is 10.2.